The first-order valence-corrected chi connectivity index (χ1v) is 5.82. The summed E-state index contributed by atoms with van der Waals surface area (Å²) in [5.41, 5.74) is -0.513. The minimum absolute atomic E-state index is 0.0803. The van der Waals surface area contributed by atoms with Crippen LogP contribution in [0.25, 0.3) is 0 Å². The van der Waals surface area contributed by atoms with Gasteiger partial charge in [0.05, 0.1) is 5.56 Å². The first kappa shape index (κ1) is 14.1. The molecular weight excluding hydrogens is 271 g/mol. The topological polar surface area (TPSA) is 46.9 Å². The van der Waals surface area contributed by atoms with Crippen molar-refractivity contribution in [3.63, 3.8) is 0 Å². The fourth-order valence-electron chi connectivity index (χ4n) is 1.75. The van der Waals surface area contributed by atoms with Gasteiger partial charge in [-0.15, -0.1) is 0 Å². The summed E-state index contributed by atoms with van der Waals surface area (Å²) in [5.74, 6) is -1.18. The number of aromatic nitrogens is 2. The smallest absolute Gasteiger partial charge is 0.282 e. The normalized spacial score (nSPS) is 10.8. The zero-order chi connectivity index (χ0) is 14.7. The van der Waals surface area contributed by atoms with Crippen LogP contribution in [0, 0.1) is 5.82 Å². The molecule has 2 aromatic rings. The molecule has 1 heterocycles. The molecule has 0 fully saturated rings. The second-order valence-electron chi connectivity index (χ2n) is 4.18. The van der Waals surface area contributed by atoms with E-state index in [2.05, 4.69) is 10.4 Å². The van der Waals surface area contributed by atoms with E-state index in [9.17, 15) is 18.0 Å². The van der Waals surface area contributed by atoms with Crippen molar-refractivity contribution in [2.75, 3.05) is 0 Å². The molecule has 0 radical (unpaired) electrons. The average molecular weight is 283 g/mol. The number of carbonyl (C=O) groups is 1. The zero-order valence-corrected chi connectivity index (χ0v) is 10.6. The Kier molecular flexibility index (Phi) is 4.07. The highest BCUT2D eigenvalue weighted by atomic mass is 19.3. The molecule has 0 saturated heterocycles. The molecule has 0 aliphatic heterocycles. The Hall–Kier alpha value is -2.31. The molecule has 0 atom stereocenters. The maximum Gasteiger partial charge on any atom is 0.282 e. The minimum Gasteiger partial charge on any atom is -0.348 e. The summed E-state index contributed by atoms with van der Waals surface area (Å²) in [4.78, 5) is 11.8. The van der Waals surface area contributed by atoms with Crippen molar-refractivity contribution in [2.45, 2.75) is 13.0 Å². The van der Waals surface area contributed by atoms with Gasteiger partial charge in [-0.1, -0.05) is 18.2 Å². The lowest BCUT2D eigenvalue weighted by Crippen LogP contribution is -2.24. The van der Waals surface area contributed by atoms with E-state index in [4.69, 9.17) is 0 Å². The van der Waals surface area contributed by atoms with Crippen LogP contribution >= 0.6 is 0 Å². The SMILES string of the molecule is Cn1cc(C(=O)NCc2ccccc2F)c(C(F)F)n1. The van der Waals surface area contributed by atoms with Crippen LogP contribution in [0.5, 0.6) is 0 Å². The Balaban J connectivity index is 2.11. The van der Waals surface area contributed by atoms with Crippen LogP contribution in [0.1, 0.15) is 28.0 Å². The molecule has 0 aliphatic rings. The number of rotatable bonds is 4. The average Bonchev–Trinajstić information content (AvgIpc) is 2.80. The number of hydrogen-bond donors (Lipinski definition) is 1. The van der Waals surface area contributed by atoms with Crippen LogP contribution in [0.15, 0.2) is 30.5 Å². The first-order valence-electron chi connectivity index (χ1n) is 5.82. The number of aryl methyl sites for hydroxylation is 1. The molecule has 1 aromatic carbocycles. The number of amides is 1. The molecule has 20 heavy (non-hydrogen) atoms. The molecule has 1 amide bonds. The third kappa shape index (κ3) is 2.98. The minimum atomic E-state index is -2.84. The van der Waals surface area contributed by atoms with Crippen LogP contribution in [0.2, 0.25) is 0 Å². The highest BCUT2D eigenvalue weighted by Crippen LogP contribution is 2.20. The van der Waals surface area contributed by atoms with Gasteiger partial charge in [0, 0.05) is 25.4 Å². The molecule has 2 rings (SSSR count). The summed E-state index contributed by atoms with van der Waals surface area (Å²) >= 11 is 0. The predicted molar refractivity (Wildman–Crippen MR) is 65.7 cm³/mol. The molecular formula is C13H12F3N3O. The number of alkyl halides is 2. The molecule has 0 saturated carbocycles. The van der Waals surface area contributed by atoms with Crippen molar-refractivity contribution in [1.82, 2.24) is 15.1 Å². The van der Waals surface area contributed by atoms with E-state index in [0.717, 1.165) is 4.68 Å². The summed E-state index contributed by atoms with van der Waals surface area (Å²) in [6, 6.07) is 5.92. The number of halogens is 3. The Bertz CT molecular complexity index is 625. The van der Waals surface area contributed by atoms with Gasteiger partial charge in [-0.25, -0.2) is 13.2 Å². The Labute approximate surface area is 113 Å². The fourth-order valence-corrected chi connectivity index (χ4v) is 1.75. The van der Waals surface area contributed by atoms with Crippen LogP contribution in [0.4, 0.5) is 13.2 Å². The molecule has 1 N–H and O–H groups in total. The molecule has 4 nitrogen and oxygen atoms in total. The number of nitrogens with one attached hydrogen (secondary N) is 1. The Morgan fingerprint density at radius 3 is 2.75 bits per heavy atom. The van der Waals surface area contributed by atoms with Crippen LogP contribution < -0.4 is 5.32 Å². The van der Waals surface area contributed by atoms with Gasteiger partial charge >= 0.3 is 0 Å². The van der Waals surface area contributed by atoms with Gasteiger partial charge in [0.25, 0.3) is 12.3 Å². The number of benzene rings is 1. The van der Waals surface area contributed by atoms with Crippen molar-refractivity contribution in [3.05, 3.63) is 53.1 Å². The second kappa shape index (κ2) is 5.77. The molecule has 106 valence electrons. The van der Waals surface area contributed by atoms with Crippen molar-refractivity contribution >= 4 is 5.91 Å². The van der Waals surface area contributed by atoms with E-state index in [0.29, 0.717) is 0 Å². The zero-order valence-electron chi connectivity index (χ0n) is 10.6. The van der Waals surface area contributed by atoms with Gasteiger partial charge in [0.1, 0.15) is 11.5 Å². The van der Waals surface area contributed by atoms with Crippen molar-refractivity contribution < 1.29 is 18.0 Å². The lowest BCUT2D eigenvalue weighted by molar-refractivity contribution is 0.0936. The Morgan fingerprint density at radius 2 is 2.10 bits per heavy atom. The maximum absolute atomic E-state index is 13.4. The Morgan fingerprint density at radius 1 is 1.40 bits per heavy atom. The summed E-state index contributed by atoms with van der Waals surface area (Å²) in [7, 11) is 1.44. The maximum atomic E-state index is 13.4. The van der Waals surface area contributed by atoms with Gasteiger partial charge in [-0.2, -0.15) is 5.10 Å². The van der Waals surface area contributed by atoms with Crippen LogP contribution in [-0.4, -0.2) is 15.7 Å². The highest BCUT2D eigenvalue weighted by molar-refractivity contribution is 5.95. The molecule has 0 unspecified atom stereocenters. The molecule has 0 aliphatic carbocycles. The molecule has 1 aromatic heterocycles. The van der Waals surface area contributed by atoms with Crippen molar-refractivity contribution in [2.24, 2.45) is 7.05 Å². The third-order valence-corrected chi connectivity index (χ3v) is 2.71. The fraction of sp³-hybridized carbons (Fsp3) is 0.231. The van der Waals surface area contributed by atoms with E-state index >= 15 is 0 Å². The summed E-state index contributed by atoms with van der Waals surface area (Å²) < 4.78 is 39.9. The third-order valence-electron chi connectivity index (χ3n) is 2.71. The van der Waals surface area contributed by atoms with Crippen LogP contribution in [-0.2, 0) is 13.6 Å². The quantitative estimate of drug-likeness (QED) is 0.936. The molecule has 0 spiro atoms. The second-order valence-corrected chi connectivity index (χ2v) is 4.18. The van der Waals surface area contributed by atoms with E-state index < -0.39 is 23.8 Å². The predicted octanol–water partition coefficient (Wildman–Crippen LogP) is 2.43. The van der Waals surface area contributed by atoms with E-state index in [1.807, 2.05) is 0 Å². The monoisotopic (exact) mass is 283 g/mol. The summed E-state index contributed by atoms with van der Waals surface area (Å²) in [6.45, 7) is -0.0803. The van der Waals surface area contributed by atoms with Gasteiger partial charge < -0.3 is 5.32 Å². The summed E-state index contributed by atoms with van der Waals surface area (Å²) in [6.07, 6.45) is -1.64. The lowest BCUT2D eigenvalue weighted by atomic mass is 10.2. The summed E-state index contributed by atoms with van der Waals surface area (Å²) in [5, 5.41) is 5.93. The number of nitrogens with zero attached hydrogens (tertiary/aromatic N) is 2. The lowest BCUT2D eigenvalue weighted by Gasteiger charge is -2.06. The first-order chi connectivity index (χ1) is 9.49. The largest absolute Gasteiger partial charge is 0.348 e. The van der Waals surface area contributed by atoms with E-state index in [-0.39, 0.29) is 17.7 Å². The van der Waals surface area contributed by atoms with Crippen LogP contribution in [0.3, 0.4) is 0 Å². The van der Waals surface area contributed by atoms with Crippen molar-refractivity contribution in [1.29, 1.82) is 0 Å². The van der Waals surface area contributed by atoms with Gasteiger partial charge in [0.15, 0.2) is 0 Å². The standard InChI is InChI=1S/C13H12F3N3O/c1-19-7-9(11(18-19)12(15)16)13(20)17-6-8-4-2-3-5-10(8)14/h2-5,7,12H,6H2,1H3,(H,17,20). The van der Waals surface area contributed by atoms with Gasteiger partial charge in [0.2, 0.25) is 0 Å². The number of hydrogen-bond acceptors (Lipinski definition) is 2. The van der Waals surface area contributed by atoms with Gasteiger partial charge in [-0.3, -0.25) is 9.48 Å². The van der Waals surface area contributed by atoms with Crippen molar-refractivity contribution in [3.8, 4) is 0 Å². The number of carbonyl (C=O) groups excluding carboxylic acids is 1. The van der Waals surface area contributed by atoms with Gasteiger partial charge in [-0.05, 0) is 6.07 Å². The molecule has 0 bridgehead atoms. The van der Waals surface area contributed by atoms with E-state index in [1.54, 1.807) is 6.07 Å². The highest BCUT2D eigenvalue weighted by Gasteiger charge is 2.22. The molecule has 7 heteroatoms. The van der Waals surface area contributed by atoms with E-state index in [1.165, 1.54) is 31.4 Å².